The van der Waals surface area contributed by atoms with Gasteiger partial charge in [0, 0.05) is 6.92 Å². The van der Waals surface area contributed by atoms with Crippen molar-refractivity contribution in [1.29, 1.82) is 0 Å². The minimum atomic E-state index is -4.46. The number of alkyl halides is 1. The van der Waals surface area contributed by atoms with Gasteiger partial charge in [0.25, 0.3) is 0 Å². The summed E-state index contributed by atoms with van der Waals surface area (Å²) in [5, 5.41) is 1.85. The molecule has 0 rings (SSSR count). The van der Waals surface area contributed by atoms with E-state index in [0.717, 1.165) is 13.8 Å². The van der Waals surface area contributed by atoms with Crippen molar-refractivity contribution in [3.8, 4) is 0 Å². The molecule has 66 valence electrons. The molecule has 0 aliphatic heterocycles. The first-order valence-electron chi connectivity index (χ1n) is 2.61. The largest absolute Gasteiger partial charge is 0.323 e. The molecule has 0 aromatic heterocycles. The van der Waals surface area contributed by atoms with Crippen molar-refractivity contribution < 1.29 is 17.8 Å². The summed E-state index contributed by atoms with van der Waals surface area (Å²) >= 11 is 5.24. The molecular weight excluding hydrogens is 194 g/mol. The average molecular weight is 202 g/mol. The Bertz CT molecular complexity index is 257. The fourth-order valence-electron chi connectivity index (χ4n) is 0.379. The molecule has 1 unspecified atom stereocenters. The van der Waals surface area contributed by atoms with Gasteiger partial charge in [-0.2, -0.15) is 8.42 Å². The van der Waals surface area contributed by atoms with E-state index in [1.165, 1.54) is 0 Å². The fraction of sp³-hybridized carbons (Fsp3) is 0.750. The third-order valence-electron chi connectivity index (χ3n) is 0.884. The molecule has 2 N–H and O–H groups in total. The summed E-state index contributed by atoms with van der Waals surface area (Å²) in [4.78, 5) is 10.3. The number of rotatable bonds is 2. The molecular formula is C4H8ClNO4S. The first-order valence-corrected chi connectivity index (χ1v) is 4.43. The van der Waals surface area contributed by atoms with Crippen LogP contribution in [0.15, 0.2) is 0 Å². The molecule has 1 amide bonds. The van der Waals surface area contributed by atoms with E-state index in [0.29, 0.717) is 0 Å². The highest BCUT2D eigenvalue weighted by Crippen LogP contribution is 2.16. The van der Waals surface area contributed by atoms with Crippen molar-refractivity contribution in [3.05, 3.63) is 0 Å². The van der Waals surface area contributed by atoms with E-state index in [1.807, 2.05) is 5.32 Å². The number of halogens is 1. The predicted molar refractivity (Wildman–Crippen MR) is 39.6 cm³/mol. The monoisotopic (exact) mass is 201 g/mol. The summed E-state index contributed by atoms with van der Waals surface area (Å²) in [6, 6.07) is 0. The van der Waals surface area contributed by atoms with Crippen molar-refractivity contribution in [1.82, 2.24) is 5.32 Å². The Balaban J connectivity index is 4.62. The quantitative estimate of drug-likeness (QED) is 0.372. The summed E-state index contributed by atoms with van der Waals surface area (Å²) < 4.78 is 27.1. The molecule has 0 bridgehead atoms. The Morgan fingerprint density at radius 3 is 2.09 bits per heavy atom. The van der Waals surface area contributed by atoms with Gasteiger partial charge in [-0.05, 0) is 6.92 Å². The lowest BCUT2D eigenvalue weighted by atomic mass is 10.6. The highest BCUT2D eigenvalue weighted by molar-refractivity contribution is 7.88. The van der Waals surface area contributed by atoms with Crippen LogP contribution in [0.25, 0.3) is 0 Å². The summed E-state index contributed by atoms with van der Waals surface area (Å²) in [5.74, 6) is -0.639. The molecule has 0 aliphatic rings. The van der Waals surface area contributed by atoms with Gasteiger partial charge in [-0.1, -0.05) is 11.6 Å². The molecule has 0 aliphatic carbocycles. The maximum atomic E-state index is 10.4. The number of nitrogens with one attached hydrogen (secondary N) is 1. The normalized spacial score (nSPS) is 17.1. The fourth-order valence-corrected chi connectivity index (χ4v) is 0.785. The van der Waals surface area contributed by atoms with Crippen molar-refractivity contribution in [2.75, 3.05) is 0 Å². The lowest BCUT2D eigenvalue weighted by molar-refractivity contribution is -0.119. The third-order valence-corrected chi connectivity index (χ3v) is 2.63. The van der Waals surface area contributed by atoms with E-state index in [4.69, 9.17) is 16.2 Å². The Morgan fingerprint density at radius 2 is 2.00 bits per heavy atom. The summed E-state index contributed by atoms with van der Waals surface area (Å²) in [5.41, 5.74) is 0. The highest BCUT2D eigenvalue weighted by atomic mass is 35.5. The second-order valence-corrected chi connectivity index (χ2v) is 4.82. The van der Waals surface area contributed by atoms with E-state index >= 15 is 0 Å². The van der Waals surface area contributed by atoms with E-state index in [2.05, 4.69) is 0 Å². The van der Waals surface area contributed by atoms with Crippen LogP contribution >= 0.6 is 11.6 Å². The zero-order chi connectivity index (χ0) is 9.28. The van der Waals surface area contributed by atoms with Crippen LogP contribution in [0.4, 0.5) is 0 Å². The van der Waals surface area contributed by atoms with Gasteiger partial charge >= 0.3 is 10.1 Å². The Labute approximate surface area is 69.5 Å². The Hall–Kier alpha value is -0.330. The minimum Gasteiger partial charge on any atom is -0.323 e. The van der Waals surface area contributed by atoms with Crippen LogP contribution in [-0.2, 0) is 14.9 Å². The average Bonchev–Trinajstić information content (AvgIpc) is 1.56. The first kappa shape index (κ1) is 10.7. The SMILES string of the molecule is CC(=O)NC(C)(Cl)S(=O)(=O)O. The maximum absolute atomic E-state index is 10.4. The Morgan fingerprint density at radius 1 is 1.64 bits per heavy atom. The van der Waals surface area contributed by atoms with Gasteiger partial charge in [-0.3, -0.25) is 9.35 Å². The molecule has 7 heteroatoms. The number of hydrogen-bond acceptors (Lipinski definition) is 3. The standard InChI is InChI=1S/C4H8ClNO4S/c1-3(7)6-4(2,5)11(8,9)10/h1-2H3,(H,6,7)(H,8,9,10). The molecule has 0 saturated carbocycles. The number of carbonyl (C=O) groups is 1. The zero-order valence-electron chi connectivity index (χ0n) is 5.96. The van der Waals surface area contributed by atoms with Gasteiger partial charge in [-0.25, -0.2) is 0 Å². The van der Waals surface area contributed by atoms with Gasteiger partial charge in [-0.15, -0.1) is 0 Å². The summed E-state index contributed by atoms with van der Waals surface area (Å²) in [6.07, 6.45) is 0. The Kier molecular flexibility index (Phi) is 2.87. The highest BCUT2D eigenvalue weighted by Gasteiger charge is 2.36. The topological polar surface area (TPSA) is 83.5 Å². The van der Waals surface area contributed by atoms with Crippen LogP contribution < -0.4 is 5.32 Å². The maximum Gasteiger partial charge on any atom is 0.303 e. The van der Waals surface area contributed by atoms with E-state index < -0.39 is 20.4 Å². The van der Waals surface area contributed by atoms with Crippen LogP contribution in [0, 0.1) is 0 Å². The van der Waals surface area contributed by atoms with Crippen LogP contribution in [0.5, 0.6) is 0 Å². The van der Waals surface area contributed by atoms with Gasteiger partial charge in [0.05, 0.1) is 0 Å². The van der Waals surface area contributed by atoms with Gasteiger partial charge in [0.15, 0.2) is 0 Å². The summed E-state index contributed by atoms with van der Waals surface area (Å²) in [7, 11) is -4.46. The zero-order valence-corrected chi connectivity index (χ0v) is 7.53. The molecule has 1 atom stereocenters. The van der Waals surface area contributed by atoms with Crippen molar-refractivity contribution in [2.24, 2.45) is 0 Å². The molecule has 0 aromatic carbocycles. The summed E-state index contributed by atoms with van der Waals surface area (Å²) in [6.45, 7) is 2.05. The number of hydrogen-bond donors (Lipinski definition) is 2. The van der Waals surface area contributed by atoms with Crippen LogP contribution in [-0.4, -0.2) is 23.2 Å². The predicted octanol–water partition coefficient (Wildman–Crippen LogP) is -0.0772. The van der Waals surface area contributed by atoms with Crippen LogP contribution in [0.3, 0.4) is 0 Å². The van der Waals surface area contributed by atoms with E-state index in [9.17, 15) is 13.2 Å². The van der Waals surface area contributed by atoms with Crippen molar-refractivity contribution >= 4 is 27.6 Å². The van der Waals surface area contributed by atoms with E-state index in [-0.39, 0.29) is 0 Å². The molecule has 5 nitrogen and oxygen atoms in total. The first-order chi connectivity index (χ1) is 4.67. The third kappa shape index (κ3) is 3.04. The molecule has 0 spiro atoms. The second kappa shape index (κ2) is 2.96. The molecule has 0 heterocycles. The minimum absolute atomic E-state index is 0.639. The lowest BCUT2D eigenvalue weighted by Crippen LogP contribution is -2.46. The van der Waals surface area contributed by atoms with Crippen molar-refractivity contribution in [2.45, 2.75) is 18.2 Å². The molecule has 0 aromatic rings. The van der Waals surface area contributed by atoms with Gasteiger partial charge in [0.1, 0.15) is 0 Å². The lowest BCUT2D eigenvalue weighted by Gasteiger charge is -2.18. The van der Waals surface area contributed by atoms with Gasteiger partial charge in [0.2, 0.25) is 10.2 Å². The molecule has 0 saturated heterocycles. The van der Waals surface area contributed by atoms with Crippen LogP contribution in [0.1, 0.15) is 13.8 Å². The number of amides is 1. The van der Waals surface area contributed by atoms with Crippen molar-refractivity contribution in [3.63, 3.8) is 0 Å². The second-order valence-electron chi connectivity index (χ2n) is 2.07. The molecule has 11 heavy (non-hydrogen) atoms. The molecule has 0 fully saturated rings. The smallest absolute Gasteiger partial charge is 0.303 e. The van der Waals surface area contributed by atoms with Gasteiger partial charge < -0.3 is 5.32 Å². The number of carbonyl (C=O) groups excluding carboxylic acids is 1. The van der Waals surface area contributed by atoms with E-state index in [1.54, 1.807) is 0 Å². The van der Waals surface area contributed by atoms with Crippen LogP contribution in [0.2, 0.25) is 0 Å². The molecule has 0 radical (unpaired) electrons.